The van der Waals surface area contributed by atoms with Crippen LogP contribution in [0.3, 0.4) is 0 Å². The van der Waals surface area contributed by atoms with Crippen LogP contribution in [0.1, 0.15) is 33.5 Å². The number of aromatic nitrogens is 2. The number of carbonyl (C=O) groups excluding carboxylic acids is 1. The molecule has 6 rings (SSSR count). The number of halogens is 1. The van der Waals surface area contributed by atoms with Gasteiger partial charge in [-0.2, -0.15) is 0 Å². The van der Waals surface area contributed by atoms with Crippen molar-refractivity contribution in [3.05, 3.63) is 125 Å². The van der Waals surface area contributed by atoms with E-state index in [-0.39, 0.29) is 17.8 Å². The molecule has 0 spiro atoms. The number of nitrogens with zero attached hydrogens (tertiary/aromatic N) is 2. The van der Waals surface area contributed by atoms with Gasteiger partial charge in [-0.1, -0.05) is 36.4 Å². The van der Waals surface area contributed by atoms with E-state index in [0.29, 0.717) is 25.2 Å². The molecule has 0 bridgehead atoms. The number of rotatable bonds is 4. The molecule has 2 aliphatic rings. The predicted octanol–water partition coefficient (Wildman–Crippen LogP) is 4.78. The van der Waals surface area contributed by atoms with E-state index in [4.69, 9.17) is 4.98 Å². The van der Waals surface area contributed by atoms with Crippen molar-refractivity contribution in [2.24, 2.45) is 0 Å². The highest BCUT2D eigenvalue weighted by atomic mass is 19.1. The maximum atomic E-state index is 13.6. The van der Waals surface area contributed by atoms with E-state index in [0.717, 1.165) is 33.5 Å². The number of pyridine rings is 2. The molecular weight excluding hydrogens is 439 g/mol. The van der Waals surface area contributed by atoms with E-state index >= 15 is 0 Å². The average molecular weight is 463 g/mol. The topological polar surface area (TPSA) is 66.9 Å². The molecule has 6 heteroatoms. The second-order valence-corrected chi connectivity index (χ2v) is 8.86. The first kappa shape index (κ1) is 21.4. The van der Waals surface area contributed by atoms with Gasteiger partial charge in [-0.05, 0) is 76.2 Å². The number of carbonyl (C=O) groups is 1. The Kier molecular flexibility index (Phi) is 5.43. The minimum atomic E-state index is -0.305. The van der Waals surface area contributed by atoms with E-state index in [1.54, 1.807) is 24.5 Å². The van der Waals surface area contributed by atoms with Crippen molar-refractivity contribution in [3.8, 4) is 0 Å². The molecule has 0 saturated carbocycles. The Morgan fingerprint density at radius 1 is 0.914 bits per heavy atom. The summed E-state index contributed by atoms with van der Waals surface area (Å²) in [7, 11) is 0. The van der Waals surface area contributed by atoms with Gasteiger partial charge in [0.05, 0.1) is 11.7 Å². The third-order valence-electron chi connectivity index (χ3n) is 6.70. The molecule has 0 fully saturated rings. The Morgan fingerprint density at radius 2 is 1.69 bits per heavy atom. The summed E-state index contributed by atoms with van der Waals surface area (Å²) in [6.45, 7) is 0.673. The van der Waals surface area contributed by atoms with Crippen molar-refractivity contribution in [2.75, 3.05) is 5.32 Å². The second kappa shape index (κ2) is 8.89. The minimum Gasteiger partial charge on any atom is -0.309 e. The molecule has 4 aromatic rings. The average Bonchev–Trinajstić information content (AvgIpc) is 3.28. The number of amides is 1. The van der Waals surface area contributed by atoms with Crippen molar-refractivity contribution >= 4 is 22.9 Å². The number of hydrogen-bond acceptors (Lipinski definition) is 4. The molecule has 0 saturated heterocycles. The van der Waals surface area contributed by atoms with Crippen LogP contribution in [0.4, 0.5) is 10.2 Å². The number of nitrogens with one attached hydrogen (secondary N) is 2. The van der Waals surface area contributed by atoms with Crippen molar-refractivity contribution < 1.29 is 9.18 Å². The summed E-state index contributed by atoms with van der Waals surface area (Å²) in [5, 5.41) is 6.32. The molecule has 0 unspecified atom stereocenters. The summed E-state index contributed by atoms with van der Waals surface area (Å²) in [5.41, 5.74) is 8.44. The minimum absolute atomic E-state index is 0.0916. The number of anilines is 1. The summed E-state index contributed by atoms with van der Waals surface area (Å²) >= 11 is 0. The largest absolute Gasteiger partial charge is 0.309 e. The normalized spacial score (nSPS) is 16.5. The summed E-state index contributed by atoms with van der Waals surface area (Å²) in [5.74, 6) is 0.173. The monoisotopic (exact) mass is 462 g/mol. The Morgan fingerprint density at radius 3 is 2.49 bits per heavy atom. The van der Waals surface area contributed by atoms with Gasteiger partial charge in [-0.15, -0.1) is 0 Å². The van der Waals surface area contributed by atoms with Gasteiger partial charge in [0.25, 0.3) is 0 Å². The van der Waals surface area contributed by atoms with Crippen LogP contribution in [-0.2, 0) is 24.2 Å². The van der Waals surface area contributed by atoms with Crippen LogP contribution in [0.25, 0.3) is 11.1 Å². The molecule has 2 aromatic heterocycles. The van der Waals surface area contributed by atoms with Crippen LogP contribution in [0.2, 0.25) is 0 Å². The fraction of sp³-hybridized carbons (Fsp3) is 0.138. The summed E-state index contributed by atoms with van der Waals surface area (Å²) in [4.78, 5) is 22.0. The van der Waals surface area contributed by atoms with Crippen LogP contribution >= 0.6 is 0 Å². The Labute approximate surface area is 202 Å². The predicted molar refractivity (Wildman–Crippen MR) is 134 cm³/mol. The molecule has 2 N–H and O–H groups in total. The second-order valence-electron chi connectivity index (χ2n) is 8.86. The zero-order valence-electron chi connectivity index (χ0n) is 19.0. The van der Waals surface area contributed by atoms with Crippen LogP contribution in [0.15, 0.2) is 85.2 Å². The number of benzene rings is 2. The molecule has 3 heterocycles. The summed E-state index contributed by atoms with van der Waals surface area (Å²) in [6, 6.07) is 22.2. The van der Waals surface area contributed by atoms with Gasteiger partial charge < -0.3 is 10.6 Å². The summed E-state index contributed by atoms with van der Waals surface area (Å²) < 4.78 is 13.6. The highest BCUT2D eigenvalue weighted by Gasteiger charge is 2.27. The lowest BCUT2D eigenvalue weighted by Crippen LogP contribution is -2.44. The highest BCUT2D eigenvalue weighted by molar-refractivity contribution is 6.03. The molecular formula is C29H23FN4O. The maximum absolute atomic E-state index is 13.6. The molecule has 1 amide bonds. The lowest BCUT2D eigenvalue weighted by Gasteiger charge is -2.25. The first-order valence-corrected chi connectivity index (χ1v) is 11.7. The van der Waals surface area contributed by atoms with E-state index in [1.165, 1.54) is 23.3 Å². The summed E-state index contributed by atoms with van der Waals surface area (Å²) in [6.07, 6.45) is 4.77. The fourth-order valence-corrected chi connectivity index (χ4v) is 4.95. The first-order valence-electron chi connectivity index (χ1n) is 11.7. The zero-order valence-corrected chi connectivity index (χ0v) is 19.0. The van der Waals surface area contributed by atoms with Gasteiger partial charge in [0.15, 0.2) is 0 Å². The smallest absolute Gasteiger partial charge is 0.243 e. The van der Waals surface area contributed by atoms with Gasteiger partial charge in [0.1, 0.15) is 11.6 Å². The van der Waals surface area contributed by atoms with Gasteiger partial charge in [-0.3, -0.25) is 9.78 Å². The molecule has 2 aromatic carbocycles. The molecule has 35 heavy (non-hydrogen) atoms. The van der Waals surface area contributed by atoms with Gasteiger partial charge >= 0.3 is 0 Å². The molecule has 5 nitrogen and oxygen atoms in total. The first-order chi connectivity index (χ1) is 17.2. The van der Waals surface area contributed by atoms with Crippen LogP contribution in [0.5, 0.6) is 0 Å². The number of allylic oxidation sites excluding steroid dienone is 1. The Hall–Kier alpha value is -4.16. The van der Waals surface area contributed by atoms with Crippen LogP contribution in [0, 0.1) is 5.82 Å². The lowest BCUT2D eigenvalue weighted by molar-refractivity contribution is -0.118. The fourth-order valence-electron chi connectivity index (χ4n) is 4.95. The van der Waals surface area contributed by atoms with E-state index in [2.05, 4.69) is 27.8 Å². The van der Waals surface area contributed by atoms with E-state index in [9.17, 15) is 9.18 Å². The van der Waals surface area contributed by atoms with Crippen LogP contribution in [-0.4, -0.2) is 21.9 Å². The van der Waals surface area contributed by atoms with Gasteiger partial charge in [0, 0.05) is 30.9 Å². The van der Waals surface area contributed by atoms with E-state index < -0.39 is 0 Å². The zero-order chi connectivity index (χ0) is 23.8. The molecule has 0 radical (unpaired) electrons. The third kappa shape index (κ3) is 4.13. The van der Waals surface area contributed by atoms with Crippen LogP contribution < -0.4 is 10.6 Å². The number of fused-ring (bicyclic) bond motifs is 2. The van der Waals surface area contributed by atoms with Crippen molar-refractivity contribution in [2.45, 2.75) is 25.4 Å². The van der Waals surface area contributed by atoms with Gasteiger partial charge in [0.2, 0.25) is 5.91 Å². The molecule has 1 atom stereocenters. The highest BCUT2D eigenvalue weighted by Crippen LogP contribution is 2.41. The standard InChI is InChI=1S/C29H23FN4O/c30-22-7-5-18(6-8-22)24-16-25-23(28(24)19-11-13-31-14-12-19)9-10-27(33-25)34-29(35)26-15-20-3-1-2-4-21(20)17-32-26/h1-14,26,32H,15-17H2,(H,33,34,35)/t26-/m0/s1. The van der Waals surface area contributed by atoms with Gasteiger partial charge in [-0.25, -0.2) is 9.37 Å². The molecule has 1 aliphatic heterocycles. The number of hydrogen-bond donors (Lipinski definition) is 2. The molecule has 172 valence electrons. The maximum Gasteiger partial charge on any atom is 0.243 e. The van der Waals surface area contributed by atoms with Crippen molar-refractivity contribution in [1.82, 2.24) is 15.3 Å². The third-order valence-corrected chi connectivity index (χ3v) is 6.70. The van der Waals surface area contributed by atoms with Crippen molar-refractivity contribution in [3.63, 3.8) is 0 Å². The van der Waals surface area contributed by atoms with Crippen molar-refractivity contribution in [1.29, 1.82) is 0 Å². The Balaban J connectivity index is 1.28. The Bertz CT molecular complexity index is 1450. The molecule has 1 aliphatic carbocycles. The lowest BCUT2D eigenvalue weighted by atomic mass is 9.95. The quantitative estimate of drug-likeness (QED) is 0.458. The SMILES string of the molecule is O=C(Nc1ccc2c(n1)CC(c1ccc(F)cc1)=C2c1ccncc1)[C@@H]1Cc2ccccc2CN1. The van der Waals surface area contributed by atoms with E-state index in [1.807, 2.05) is 36.4 Å².